The molecule has 3 N–H and O–H groups in total. The molecule has 28 heavy (non-hydrogen) atoms. The second-order valence-corrected chi connectivity index (χ2v) is 8.95. The number of carbonyl (C=O) groups excluding carboxylic acids is 2. The molecule has 0 aromatic heterocycles. The summed E-state index contributed by atoms with van der Waals surface area (Å²) in [7, 11) is 3.11. The van der Waals surface area contributed by atoms with Crippen LogP contribution >= 0.6 is 0 Å². The van der Waals surface area contributed by atoms with Crippen molar-refractivity contribution in [2.45, 2.75) is 58.6 Å². The second kappa shape index (κ2) is 10.0. The van der Waals surface area contributed by atoms with Gasteiger partial charge in [0.25, 0.3) is 0 Å². The average Bonchev–Trinajstić information content (AvgIpc) is 2.64. The number of hydrogen-bond acceptors (Lipinski definition) is 5. The lowest BCUT2D eigenvalue weighted by Crippen LogP contribution is -2.58. The van der Waals surface area contributed by atoms with Gasteiger partial charge in [-0.1, -0.05) is 20.8 Å². The minimum absolute atomic E-state index is 0.0277. The van der Waals surface area contributed by atoms with Gasteiger partial charge in [-0.3, -0.25) is 9.59 Å². The molecule has 2 fully saturated rings. The number of ether oxygens (including phenoxy) is 2. The Balaban J connectivity index is 2.08. The van der Waals surface area contributed by atoms with Crippen LogP contribution in [0.2, 0.25) is 0 Å². The fourth-order valence-electron chi connectivity index (χ4n) is 5.51. The summed E-state index contributed by atoms with van der Waals surface area (Å²) in [6.45, 7) is 7.29. The van der Waals surface area contributed by atoms with Crippen LogP contribution in [0.3, 0.4) is 0 Å². The Morgan fingerprint density at radius 1 is 1.21 bits per heavy atom. The maximum absolute atomic E-state index is 12.5. The molecule has 0 radical (unpaired) electrons. The van der Waals surface area contributed by atoms with Gasteiger partial charge in [0.15, 0.2) is 0 Å². The van der Waals surface area contributed by atoms with E-state index in [0.29, 0.717) is 13.2 Å². The molecule has 0 aromatic rings. The quantitative estimate of drug-likeness (QED) is 0.536. The van der Waals surface area contributed by atoms with Crippen LogP contribution in [0.25, 0.3) is 0 Å². The lowest BCUT2D eigenvalue weighted by molar-refractivity contribution is -0.144. The Bertz CT molecular complexity index is 543. The molecular formula is C21H38N2O5. The zero-order valence-corrected chi connectivity index (χ0v) is 18.0. The van der Waals surface area contributed by atoms with Gasteiger partial charge in [-0.15, -0.1) is 0 Å². The molecule has 2 aliphatic rings. The van der Waals surface area contributed by atoms with Gasteiger partial charge in [0.2, 0.25) is 11.8 Å². The summed E-state index contributed by atoms with van der Waals surface area (Å²) in [5.41, 5.74) is 0.0457. The van der Waals surface area contributed by atoms with Crippen molar-refractivity contribution in [3.8, 4) is 0 Å². The first kappa shape index (κ1) is 23.1. The minimum Gasteiger partial charge on any atom is -0.392 e. The van der Waals surface area contributed by atoms with Crippen molar-refractivity contribution >= 4 is 11.8 Å². The Kier molecular flexibility index (Phi) is 8.28. The van der Waals surface area contributed by atoms with Crippen molar-refractivity contribution in [3.05, 3.63) is 0 Å². The van der Waals surface area contributed by atoms with Crippen molar-refractivity contribution in [1.29, 1.82) is 0 Å². The zero-order chi connectivity index (χ0) is 20.9. The number of methoxy groups -OCH3 is 2. The van der Waals surface area contributed by atoms with Crippen molar-refractivity contribution < 1.29 is 24.2 Å². The molecule has 2 aliphatic carbocycles. The third-order valence-corrected chi connectivity index (χ3v) is 7.17. The molecule has 0 heterocycles. The molecule has 2 amide bonds. The molecule has 7 nitrogen and oxygen atoms in total. The highest BCUT2D eigenvalue weighted by Crippen LogP contribution is 2.55. The van der Waals surface area contributed by atoms with Crippen molar-refractivity contribution in [2.75, 3.05) is 34.0 Å². The predicted octanol–water partition coefficient (Wildman–Crippen LogP) is 1.34. The number of carbonyl (C=O) groups is 2. The van der Waals surface area contributed by atoms with E-state index >= 15 is 0 Å². The highest BCUT2D eigenvalue weighted by molar-refractivity contribution is 5.78. The summed E-state index contributed by atoms with van der Waals surface area (Å²) >= 11 is 0. The first-order valence-electron chi connectivity index (χ1n) is 10.5. The van der Waals surface area contributed by atoms with Crippen LogP contribution in [-0.4, -0.2) is 63.0 Å². The number of amides is 2. The van der Waals surface area contributed by atoms with E-state index in [4.69, 9.17) is 9.47 Å². The lowest BCUT2D eigenvalue weighted by atomic mass is 9.51. The maximum Gasteiger partial charge on any atom is 0.246 e. The molecule has 0 spiro atoms. The summed E-state index contributed by atoms with van der Waals surface area (Å²) < 4.78 is 9.92. The summed E-state index contributed by atoms with van der Waals surface area (Å²) in [6.07, 6.45) is 3.17. The second-order valence-electron chi connectivity index (χ2n) is 8.95. The van der Waals surface area contributed by atoms with Crippen molar-refractivity contribution in [3.63, 3.8) is 0 Å². The molecule has 1 unspecified atom stereocenters. The Morgan fingerprint density at radius 3 is 2.54 bits per heavy atom. The van der Waals surface area contributed by atoms with E-state index in [1.54, 1.807) is 7.11 Å². The molecule has 162 valence electrons. The third-order valence-electron chi connectivity index (χ3n) is 7.17. The molecule has 7 heteroatoms. The fourth-order valence-corrected chi connectivity index (χ4v) is 5.51. The lowest BCUT2D eigenvalue weighted by Gasteiger charge is -2.56. The molecule has 0 aliphatic heterocycles. The first-order valence-corrected chi connectivity index (χ1v) is 10.5. The van der Waals surface area contributed by atoms with Crippen LogP contribution in [0, 0.1) is 29.1 Å². The van der Waals surface area contributed by atoms with Crippen LogP contribution in [0.1, 0.15) is 46.5 Å². The number of rotatable bonds is 8. The topological polar surface area (TPSA) is 96.9 Å². The summed E-state index contributed by atoms with van der Waals surface area (Å²) in [5.74, 6) is -0.277. The number of nitrogens with one attached hydrogen (secondary N) is 2. The van der Waals surface area contributed by atoms with Gasteiger partial charge in [-0.05, 0) is 48.9 Å². The van der Waals surface area contributed by atoms with E-state index in [9.17, 15) is 14.7 Å². The zero-order valence-electron chi connectivity index (χ0n) is 18.0. The number of aliphatic hydroxyl groups excluding tert-OH is 1. The number of fused-ring (bicyclic) bond motifs is 1. The standard InChI is InChI=1S/C21H38N2O5/c1-13(20(26)22-10-11-27-4)15-6-8-21(3)9-7-16(23-17(24)12-28-5)14(2)18(21)19(15)25/h13-16,18-19,25H,6-12H2,1-5H3,(H,22,26)(H,23,24)/t13-,14+,15?,16-,18+,19-,21-/m0/s1. The predicted molar refractivity (Wildman–Crippen MR) is 107 cm³/mol. The normalized spacial score (nSPS) is 36.3. The van der Waals surface area contributed by atoms with Gasteiger partial charge in [-0.25, -0.2) is 0 Å². The first-order chi connectivity index (χ1) is 13.2. The third kappa shape index (κ3) is 5.05. The molecular weight excluding hydrogens is 360 g/mol. The minimum atomic E-state index is -0.556. The van der Waals surface area contributed by atoms with Gasteiger partial charge in [-0.2, -0.15) is 0 Å². The van der Waals surface area contributed by atoms with Crippen LogP contribution in [0.4, 0.5) is 0 Å². The summed E-state index contributed by atoms with van der Waals surface area (Å²) in [4.78, 5) is 24.5. The molecule has 7 atom stereocenters. The summed E-state index contributed by atoms with van der Waals surface area (Å²) in [6, 6.07) is 0.0277. The van der Waals surface area contributed by atoms with Crippen molar-refractivity contribution in [2.24, 2.45) is 29.1 Å². The molecule has 0 aromatic carbocycles. The molecule has 0 bridgehead atoms. The molecule has 2 saturated carbocycles. The Hall–Kier alpha value is -1.18. The van der Waals surface area contributed by atoms with Crippen LogP contribution in [0.5, 0.6) is 0 Å². The molecule has 2 rings (SSSR count). The van der Waals surface area contributed by atoms with E-state index in [-0.39, 0.29) is 53.5 Å². The smallest absolute Gasteiger partial charge is 0.246 e. The van der Waals surface area contributed by atoms with E-state index in [1.165, 1.54) is 7.11 Å². The maximum atomic E-state index is 12.5. The van der Waals surface area contributed by atoms with Gasteiger partial charge in [0.1, 0.15) is 6.61 Å². The van der Waals surface area contributed by atoms with Gasteiger partial charge in [0.05, 0.1) is 12.7 Å². The van der Waals surface area contributed by atoms with E-state index in [2.05, 4.69) is 24.5 Å². The van der Waals surface area contributed by atoms with Crippen LogP contribution in [0.15, 0.2) is 0 Å². The van der Waals surface area contributed by atoms with Gasteiger partial charge >= 0.3 is 0 Å². The number of hydrogen-bond donors (Lipinski definition) is 3. The highest BCUT2D eigenvalue weighted by atomic mass is 16.5. The Morgan fingerprint density at radius 2 is 1.89 bits per heavy atom. The van der Waals surface area contributed by atoms with Gasteiger partial charge in [0, 0.05) is 32.7 Å². The van der Waals surface area contributed by atoms with E-state index in [1.807, 2.05) is 6.92 Å². The van der Waals surface area contributed by atoms with Crippen LogP contribution in [-0.2, 0) is 19.1 Å². The monoisotopic (exact) mass is 398 g/mol. The Labute approximate surface area is 168 Å². The number of aliphatic hydroxyl groups is 1. The van der Waals surface area contributed by atoms with Crippen molar-refractivity contribution in [1.82, 2.24) is 10.6 Å². The molecule has 0 saturated heterocycles. The fraction of sp³-hybridized carbons (Fsp3) is 0.905. The van der Waals surface area contributed by atoms with Crippen LogP contribution < -0.4 is 10.6 Å². The van der Waals surface area contributed by atoms with E-state index < -0.39 is 6.10 Å². The van der Waals surface area contributed by atoms with E-state index in [0.717, 1.165) is 25.7 Å². The largest absolute Gasteiger partial charge is 0.392 e. The average molecular weight is 399 g/mol. The van der Waals surface area contributed by atoms with Gasteiger partial charge < -0.3 is 25.2 Å². The summed E-state index contributed by atoms with van der Waals surface area (Å²) in [5, 5.41) is 17.3. The SMILES string of the molecule is COCCNC(=O)[C@@H](C)C1CC[C@@]2(C)CC[C@H](NC(=O)COC)[C@@H](C)[C@@H]2[C@H]1O. The highest BCUT2D eigenvalue weighted by Gasteiger charge is 2.53.